The lowest BCUT2D eigenvalue weighted by atomic mass is 10.2. The molecule has 7 heteroatoms. The Kier molecular flexibility index (Phi) is 6.08. The van der Waals surface area contributed by atoms with Crippen molar-refractivity contribution in [3.63, 3.8) is 0 Å². The summed E-state index contributed by atoms with van der Waals surface area (Å²) in [5, 5.41) is 5.43. The third kappa shape index (κ3) is 4.84. The van der Waals surface area contributed by atoms with Gasteiger partial charge in [0.05, 0.1) is 0 Å². The minimum Gasteiger partial charge on any atom is -0.489 e. The molecule has 0 aliphatic rings. The molecule has 1 heterocycles. The highest BCUT2D eigenvalue weighted by Crippen LogP contribution is 2.29. The number of amides is 1. The Labute approximate surface area is 166 Å². The predicted molar refractivity (Wildman–Crippen MR) is 106 cm³/mol. The van der Waals surface area contributed by atoms with Crippen LogP contribution in [0.1, 0.15) is 29.9 Å². The van der Waals surface area contributed by atoms with E-state index in [1.807, 2.05) is 32.0 Å². The maximum absolute atomic E-state index is 14.5. The fourth-order valence-corrected chi connectivity index (χ4v) is 3.39. The number of halogens is 2. The van der Waals surface area contributed by atoms with Gasteiger partial charge < -0.3 is 10.1 Å². The predicted octanol–water partition coefficient (Wildman–Crippen LogP) is 5.32. The van der Waals surface area contributed by atoms with Crippen LogP contribution in [-0.2, 0) is 6.61 Å². The van der Waals surface area contributed by atoms with Gasteiger partial charge in [0.15, 0.2) is 0 Å². The number of nitrogens with one attached hydrogen (secondary N) is 1. The van der Waals surface area contributed by atoms with Crippen molar-refractivity contribution in [3.05, 3.63) is 69.9 Å². The van der Waals surface area contributed by atoms with Gasteiger partial charge in [-0.2, -0.15) is 0 Å². The highest BCUT2D eigenvalue weighted by Gasteiger charge is 2.15. The smallest absolute Gasteiger partial charge is 0.270 e. The van der Waals surface area contributed by atoms with Gasteiger partial charge in [-0.1, -0.05) is 29.8 Å². The third-order valence-corrected chi connectivity index (χ3v) is 4.92. The van der Waals surface area contributed by atoms with Gasteiger partial charge in [-0.05, 0) is 32.0 Å². The van der Waals surface area contributed by atoms with Crippen molar-refractivity contribution < 1.29 is 13.9 Å². The topological polar surface area (TPSA) is 51.2 Å². The van der Waals surface area contributed by atoms with Crippen molar-refractivity contribution >= 4 is 28.8 Å². The summed E-state index contributed by atoms with van der Waals surface area (Å²) in [6.07, 6.45) is 0. The molecule has 0 saturated heterocycles. The van der Waals surface area contributed by atoms with Gasteiger partial charge in [-0.3, -0.25) is 4.79 Å². The average Bonchev–Trinajstić information content (AvgIpc) is 3.10. The Morgan fingerprint density at radius 2 is 2.07 bits per heavy atom. The van der Waals surface area contributed by atoms with Crippen LogP contribution in [0.2, 0.25) is 5.02 Å². The molecule has 0 fully saturated rings. The Hall–Kier alpha value is -2.44. The van der Waals surface area contributed by atoms with Crippen LogP contribution in [0.15, 0.2) is 47.8 Å². The number of aromatic nitrogens is 1. The summed E-state index contributed by atoms with van der Waals surface area (Å²) in [6.45, 7) is 3.98. The molecule has 27 heavy (non-hydrogen) atoms. The zero-order chi connectivity index (χ0) is 19.4. The lowest BCUT2D eigenvalue weighted by molar-refractivity contribution is 0.0939. The minimum absolute atomic E-state index is 0.00827. The Balaban J connectivity index is 1.72. The largest absolute Gasteiger partial charge is 0.489 e. The van der Waals surface area contributed by atoms with Crippen molar-refractivity contribution in [2.45, 2.75) is 26.5 Å². The van der Waals surface area contributed by atoms with Crippen LogP contribution in [0.25, 0.3) is 10.6 Å². The second kappa shape index (κ2) is 8.50. The number of nitrogens with zero attached hydrogens (tertiary/aromatic N) is 1. The first-order chi connectivity index (χ1) is 12.9. The summed E-state index contributed by atoms with van der Waals surface area (Å²) in [5.74, 6) is -0.338. The molecule has 0 radical (unpaired) electrons. The van der Waals surface area contributed by atoms with E-state index in [9.17, 15) is 9.18 Å². The van der Waals surface area contributed by atoms with Crippen molar-refractivity contribution in [1.82, 2.24) is 10.3 Å². The van der Waals surface area contributed by atoms with E-state index in [1.165, 1.54) is 17.4 Å². The van der Waals surface area contributed by atoms with Gasteiger partial charge in [0.25, 0.3) is 5.91 Å². The van der Waals surface area contributed by atoms with Crippen LogP contribution < -0.4 is 10.1 Å². The fraction of sp³-hybridized carbons (Fsp3) is 0.200. The van der Waals surface area contributed by atoms with Crippen LogP contribution in [0, 0.1) is 5.82 Å². The molecular formula is C20H18ClFN2O2S. The van der Waals surface area contributed by atoms with Gasteiger partial charge in [-0.15, -0.1) is 11.3 Å². The summed E-state index contributed by atoms with van der Waals surface area (Å²) in [5.41, 5.74) is 1.43. The number of hydrogen-bond acceptors (Lipinski definition) is 4. The SMILES string of the molecule is CC(C)NC(=O)c1csc(-c2ccc(OCc3ccccc3Cl)cc2F)n1. The van der Waals surface area contributed by atoms with E-state index in [2.05, 4.69) is 10.3 Å². The molecule has 0 saturated carbocycles. The first-order valence-electron chi connectivity index (χ1n) is 8.36. The van der Waals surface area contributed by atoms with E-state index >= 15 is 0 Å². The number of carbonyl (C=O) groups excluding carboxylic acids is 1. The van der Waals surface area contributed by atoms with Crippen LogP contribution in [0.4, 0.5) is 4.39 Å². The molecule has 1 amide bonds. The summed E-state index contributed by atoms with van der Waals surface area (Å²) in [4.78, 5) is 16.2. The van der Waals surface area contributed by atoms with Crippen molar-refractivity contribution in [1.29, 1.82) is 0 Å². The first-order valence-corrected chi connectivity index (χ1v) is 9.62. The van der Waals surface area contributed by atoms with Crippen molar-refractivity contribution in [2.75, 3.05) is 0 Å². The van der Waals surface area contributed by atoms with Gasteiger partial charge in [0, 0.05) is 33.6 Å². The number of rotatable bonds is 6. The molecule has 0 bridgehead atoms. The van der Waals surface area contributed by atoms with Crippen LogP contribution >= 0.6 is 22.9 Å². The van der Waals surface area contributed by atoms with Gasteiger partial charge in [0.1, 0.15) is 28.9 Å². The monoisotopic (exact) mass is 404 g/mol. The number of benzene rings is 2. The molecule has 1 N–H and O–H groups in total. The standard InChI is InChI=1S/C20H18ClFN2O2S/c1-12(2)23-19(25)18-11-27-20(24-18)15-8-7-14(9-17(15)22)26-10-13-5-3-4-6-16(13)21/h3-9,11-12H,10H2,1-2H3,(H,23,25). The van der Waals surface area contributed by atoms with E-state index < -0.39 is 5.82 Å². The second-order valence-electron chi connectivity index (χ2n) is 6.19. The quantitative estimate of drug-likeness (QED) is 0.604. The van der Waals surface area contributed by atoms with Crippen LogP contribution in [0.5, 0.6) is 5.75 Å². The average molecular weight is 405 g/mol. The van der Waals surface area contributed by atoms with Gasteiger partial charge in [0.2, 0.25) is 0 Å². The molecular weight excluding hydrogens is 387 g/mol. The van der Waals surface area contributed by atoms with Crippen LogP contribution in [0.3, 0.4) is 0 Å². The Morgan fingerprint density at radius 1 is 1.30 bits per heavy atom. The Morgan fingerprint density at radius 3 is 2.78 bits per heavy atom. The summed E-state index contributed by atoms with van der Waals surface area (Å²) >= 11 is 7.31. The molecule has 0 aliphatic heterocycles. The number of hydrogen-bond donors (Lipinski definition) is 1. The number of carbonyl (C=O) groups is 1. The highest BCUT2D eigenvalue weighted by atomic mass is 35.5. The molecule has 0 atom stereocenters. The van der Waals surface area contributed by atoms with E-state index in [0.29, 0.717) is 21.3 Å². The zero-order valence-electron chi connectivity index (χ0n) is 14.8. The number of ether oxygens (including phenoxy) is 1. The van der Waals surface area contributed by atoms with E-state index in [-0.39, 0.29) is 24.2 Å². The summed E-state index contributed by atoms with van der Waals surface area (Å²) < 4.78 is 20.1. The fourth-order valence-electron chi connectivity index (χ4n) is 2.37. The normalized spacial score (nSPS) is 10.9. The first kappa shape index (κ1) is 19.3. The zero-order valence-corrected chi connectivity index (χ0v) is 16.4. The molecule has 4 nitrogen and oxygen atoms in total. The molecule has 0 unspecified atom stereocenters. The molecule has 2 aromatic carbocycles. The second-order valence-corrected chi connectivity index (χ2v) is 7.45. The van der Waals surface area contributed by atoms with Gasteiger partial charge >= 0.3 is 0 Å². The molecule has 3 aromatic rings. The minimum atomic E-state index is -0.461. The summed E-state index contributed by atoms with van der Waals surface area (Å²) in [7, 11) is 0. The lowest BCUT2D eigenvalue weighted by Gasteiger charge is -2.09. The van der Waals surface area contributed by atoms with Crippen LogP contribution in [-0.4, -0.2) is 16.9 Å². The van der Waals surface area contributed by atoms with Gasteiger partial charge in [-0.25, -0.2) is 9.37 Å². The number of thiazole rings is 1. The maximum Gasteiger partial charge on any atom is 0.270 e. The lowest BCUT2D eigenvalue weighted by Crippen LogP contribution is -2.30. The molecule has 3 rings (SSSR count). The van der Waals surface area contributed by atoms with E-state index in [1.54, 1.807) is 23.6 Å². The molecule has 0 spiro atoms. The maximum atomic E-state index is 14.5. The van der Waals surface area contributed by atoms with Crippen molar-refractivity contribution in [3.8, 4) is 16.3 Å². The van der Waals surface area contributed by atoms with E-state index in [4.69, 9.17) is 16.3 Å². The Bertz CT molecular complexity index is 959. The third-order valence-electron chi connectivity index (χ3n) is 3.68. The summed E-state index contributed by atoms with van der Waals surface area (Å²) in [6, 6.07) is 11.9. The van der Waals surface area contributed by atoms with Crippen molar-refractivity contribution in [2.24, 2.45) is 0 Å². The molecule has 1 aromatic heterocycles. The molecule has 140 valence electrons. The van der Waals surface area contributed by atoms with E-state index in [0.717, 1.165) is 5.56 Å². The highest BCUT2D eigenvalue weighted by molar-refractivity contribution is 7.13. The molecule has 0 aliphatic carbocycles.